The maximum atomic E-state index is 5.62. The fourth-order valence-electron chi connectivity index (χ4n) is 0.992. The standard InChI is InChI=1S/C11H19OP/c1-13(2,3)10-9-12-11-7-5-4-6-8-11/h4-8,13H,9-10H2,1-3H3. The third-order valence-electron chi connectivity index (χ3n) is 1.86. The SMILES string of the molecule is C[PH](C)(C)CCOc1ccccc1. The van der Waals surface area contributed by atoms with Gasteiger partial charge in [-0.2, -0.15) is 0 Å². The first-order valence-electron chi connectivity index (χ1n) is 4.76. The Hall–Kier alpha value is -0.550. The molecule has 0 aliphatic rings. The van der Waals surface area contributed by atoms with Gasteiger partial charge in [0.25, 0.3) is 0 Å². The molecule has 0 aliphatic carbocycles. The number of benzene rings is 1. The summed E-state index contributed by atoms with van der Waals surface area (Å²) in [5.74, 6) is 0.987. The molecule has 0 fully saturated rings. The van der Waals surface area contributed by atoms with Crippen LogP contribution in [-0.2, 0) is 0 Å². The summed E-state index contributed by atoms with van der Waals surface area (Å²) >= 11 is 0. The van der Waals surface area contributed by atoms with E-state index in [9.17, 15) is 0 Å². The van der Waals surface area contributed by atoms with Gasteiger partial charge in [0.1, 0.15) is 0 Å². The second-order valence-electron chi connectivity index (χ2n) is 4.47. The Kier molecular flexibility index (Phi) is 3.74. The predicted molar refractivity (Wildman–Crippen MR) is 62.9 cm³/mol. The molecule has 0 radical (unpaired) electrons. The molecule has 0 heterocycles. The van der Waals surface area contributed by atoms with E-state index in [1.807, 2.05) is 30.3 Å². The molecule has 0 amide bonds. The van der Waals surface area contributed by atoms with Crippen LogP contribution in [-0.4, -0.2) is 32.8 Å². The monoisotopic (exact) mass is 198 g/mol. The van der Waals surface area contributed by atoms with Crippen molar-refractivity contribution < 1.29 is 4.74 Å². The van der Waals surface area contributed by atoms with E-state index < -0.39 is 7.26 Å². The zero-order valence-corrected chi connectivity index (χ0v) is 9.71. The van der Waals surface area contributed by atoms with Crippen LogP contribution < -0.4 is 4.74 Å². The second-order valence-corrected chi connectivity index (χ2v) is 10.1. The summed E-state index contributed by atoms with van der Waals surface area (Å²) in [4.78, 5) is 0. The van der Waals surface area contributed by atoms with Crippen LogP contribution in [0.3, 0.4) is 0 Å². The second kappa shape index (κ2) is 4.62. The van der Waals surface area contributed by atoms with E-state index in [-0.39, 0.29) is 0 Å². The summed E-state index contributed by atoms with van der Waals surface area (Å²) < 4.78 is 5.62. The molecule has 13 heavy (non-hydrogen) atoms. The van der Waals surface area contributed by atoms with E-state index in [0.29, 0.717) is 0 Å². The van der Waals surface area contributed by atoms with Crippen LogP contribution >= 0.6 is 7.26 Å². The Bertz CT molecular complexity index is 238. The molecule has 0 atom stereocenters. The van der Waals surface area contributed by atoms with Gasteiger partial charge in [-0.1, -0.05) is 0 Å². The van der Waals surface area contributed by atoms with Gasteiger partial charge in [-0.3, -0.25) is 0 Å². The molecule has 0 aromatic heterocycles. The summed E-state index contributed by atoms with van der Waals surface area (Å²) in [7, 11) is -0.936. The molecule has 1 rings (SSSR count). The van der Waals surface area contributed by atoms with E-state index in [0.717, 1.165) is 12.4 Å². The zero-order valence-electron chi connectivity index (χ0n) is 8.71. The van der Waals surface area contributed by atoms with Gasteiger partial charge in [0.15, 0.2) is 0 Å². The molecule has 0 N–H and O–H groups in total. The number of hydrogen-bond donors (Lipinski definition) is 0. The van der Waals surface area contributed by atoms with Gasteiger partial charge >= 0.3 is 80.8 Å². The molecule has 0 saturated carbocycles. The van der Waals surface area contributed by atoms with Crippen molar-refractivity contribution in [2.75, 3.05) is 32.8 Å². The van der Waals surface area contributed by atoms with Gasteiger partial charge in [-0.05, 0) is 0 Å². The summed E-state index contributed by atoms with van der Waals surface area (Å²) in [5, 5.41) is 0. The average molecular weight is 198 g/mol. The van der Waals surface area contributed by atoms with Crippen molar-refractivity contribution in [3.63, 3.8) is 0 Å². The molecule has 1 nitrogen and oxygen atoms in total. The third-order valence-corrected chi connectivity index (χ3v) is 3.57. The molecule has 2 heteroatoms. The van der Waals surface area contributed by atoms with Crippen molar-refractivity contribution in [3.8, 4) is 5.75 Å². The van der Waals surface area contributed by atoms with Gasteiger partial charge in [0.2, 0.25) is 0 Å². The molecule has 0 saturated heterocycles. The zero-order chi connectivity index (χ0) is 9.73. The van der Waals surface area contributed by atoms with E-state index in [2.05, 4.69) is 20.0 Å². The molecule has 0 bridgehead atoms. The van der Waals surface area contributed by atoms with Crippen LogP contribution in [0.2, 0.25) is 0 Å². The van der Waals surface area contributed by atoms with Crippen molar-refractivity contribution in [1.29, 1.82) is 0 Å². The number of hydrogen-bond acceptors (Lipinski definition) is 1. The topological polar surface area (TPSA) is 9.23 Å². The van der Waals surface area contributed by atoms with Gasteiger partial charge in [0.05, 0.1) is 0 Å². The first-order chi connectivity index (χ1) is 6.08. The normalized spacial score (nSPS) is 12.5. The number of para-hydroxylation sites is 1. The molecule has 1 aromatic carbocycles. The Morgan fingerprint density at radius 3 is 2.23 bits per heavy atom. The fourth-order valence-corrected chi connectivity index (χ4v) is 1.71. The molecule has 0 unspecified atom stereocenters. The van der Waals surface area contributed by atoms with Crippen molar-refractivity contribution in [2.45, 2.75) is 0 Å². The van der Waals surface area contributed by atoms with Crippen LogP contribution in [0, 0.1) is 0 Å². The Morgan fingerprint density at radius 1 is 1.08 bits per heavy atom. The summed E-state index contributed by atoms with van der Waals surface area (Å²) in [5.41, 5.74) is 0. The van der Waals surface area contributed by atoms with Crippen LogP contribution in [0.1, 0.15) is 0 Å². The van der Waals surface area contributed by atoms with Crippen LogP contribution in [0.25, 0.3) is 0 Å². The third kappa shape index (κ3) is 4.90. The van der Waals surface area contributed by atoms with E-state index in [4.69, 9.17) is 4.74 Å². The predicted octanol–water partition coefficient (Wildman–Crippen LogP) is 2.70. The van der Waals surface area contributed by atoms with Gasteiger partial charge in [-0.15, -0.1) is 0 Å². The van der Waals surface area contributed by atoms with Crippen molar-refractivity contribution in [3.05, 3.63) is 30.3 Å². The molecular formula is C11H19OP. The number of rotatable bonds is 4. The number of ether oxygens (including phenoxy) is 1. The van der Waals surface area contributed by atoms with Crippen molar-refractivity contribution in [1.82, 2.24) is 0 Å². The van der Waals surface area contributed by atoms with Crippen molar-refractivity contribution >= 4 is 7.26 Å². The molecule has 0 spiro atoms. The Balaban J connectivity index is 2.29. The van der Waals surface area contributed by atoms with Gasteiger partial charge in [-0.25, -0.2) is 0 Å². The van der Waals surface area contributed by atoms with Crippen LogP contribution in [0.15, 0.2) is 30.3 Å². The van der Waals surface area contributed by atoms with Crippen molar-refractivity contribution in [2.24, 2.45) is 0 Å². The molecule has 0 aliphatic heterocycles. The first kappa shape index (κ1) is 10.5. The maximum absolute atomic E-state index is 5.62. The summed E-state index contributed by atoms with van der Waals surface area (Å²) in [6.45, 7) is 7.95. The molecule has 1 aromatic rings. The van der Waals surface area contributed by atoms with E-state index >= 15 is 0 Å². The van der Waals surface area contributed by atoms with E-state index in [1.54, 1.807) is 0 Å². The van der Waals surface area contributed by atoms with Crippen LogP contribution in [0.4, 0.5) is 0 Å². The first-order valence-corrected chi connectivity index (χ1v) is 8.46. The quantitative estimate of drug-likeness (QED) is 0.676. The Morgan fingerprint density at radius 2 is 1.69 bits per heavy atom. The van der Waals surface area contributed by atoms with Gasteiger partial charge < -0.3 is 0 Å². The summed E-state index contributed by atoms with van der Waals surface area (Å²) in [6, 6.07) is 10.0. The van der Waals surface area contributed by atoms with Crippen LogP contribution in [0.5, 0.6) is 5.75 Å². The fraction of sp³-hybridized carbons (Fsp3) is 0.455. The molecule has 74 valence electrons. The minimum absolute atomic E-state index is 0.861. The Labute approximate surface area is 81.5 Å². The van der Waals surface area contributed by atoms with Gasteiger partial charge in [0, 0.05) is 0 Å². The summed E-state index contributed by atoms with van der Waals surface area (Å²) in [6.07, 6.45) is 1.22. The average Bonchev–Trinajstić information content (AvgIpc) is 2.04. The minimum atomic E-state index is -0.936. The molecular weight excluding hydrogens is 179 g/mol. The van der Waals surface area contributed by atoms with E-state index in [1.165, 1.54) is 6.16 Å².